The maximum Gasteiger partial charge on any atom is 0.209 e. The van der Waals surface area contributed by atoms with E-state index in [2.05, 4.69) is 10.0 Å². The van der Waals surface area contributed by atoms with Gasteiger partial charge in [-0.15, -0.1) is 0 Å². The molecule has 0 aliphatic carbocycles. The molecule has 0 saturated carbocycles. The van der Waals surface area contributed by atoms with Crippen LogP contribution in [0.4, 0.5) is 0 Å². The van der Waals surface area contributed by atoms with Crippen LogP contribution in [-0.2, 0) is 21.4 Å². The second kappa shape index (κ2) is 7.90. The van der Waals surface area contributed by atoms with Crippen LogP contribution in [0.3, 0.4) is 0 Å². The average molecular weight is 320 g/mol. The maximum absolute atomic E-state index is 11.2. The molecule has 3 N–H and O–H groups in total. The first kappa shape index (κ1) is 18.1. The maximum atomic E-state index is 11.2. The van der Waals surface area contributed by atoms with Gasteiger partial charge in [0.15, 0.2) is 0 Å². The Balaban J connectivity index is 2.16. The first-order valence-corrected chi connectivity index (χ1v) is 8.55. The average Bonchev–Trinajstić information content (AvgIpc) is 2.78. The predicted octanol–water partition coefficient (Wildman–Crippen LogP) is 0.0745. The molecule has 122 valence electrons. The molecule has 1 heterocycles. The second-order valence-corrected chi connectivity index (χ2v) is 7.39. The Kier molecular flexibility index (Phi) is 6.82. The van der Waals surface area contributed by atoms with Crippen molar-refractivity contribution in [2.45, 2.75) is 32.1 Å². The quantitative estimate of drug-likeness (QED) is 0.564. The van der Waals surface area contributed by atoms with Crippen LogP contribution in [0.25, 0.3) is 0 Å². The summed E-state index contributed by atoms with van der Waals surface area (Å²) in [6.45, 7) is 4.73. The summed E-state index contributed by atoms with van der Waals surface area (Å²) < 4.78 is 35.3. The van der Waals surface area contributed by atoms with Crippen molar-refractivity contribution >= 4 is 10.0 Å². The lowest BCUT2D eigenvalue weighted by Gasteiger charge is -2.26. The van der Waals surface area contributed by atoms with Crippen molar-refractivity contribution in [1.82, 2.24) is 10.0 Å². The number of sulfonamides is 1. The van der Waals surface area contributed by atoms with Crippen molar-refractivity contribution in [3.8, 4) is 0 Å². The number of nitrogens with one attached hydrogen (secondary N) is 2. The van der Waals surface area contributed by atoms with E-state index in [9.17, 15) is 13.5 Å². The Morgan fingerprint density at radius 2 is 2.19 bits per heavy atom. The van der Waals surface area contributed by atoms with Crippen LogP contribution in [0.1, 0.15) is 19.6 Å². The molecule has 0 aliphatic rings. The summed E-state index contributed by atoms with van der Waals surface area (Å²) in [5, 5.41) is 12.8. The molecule has 0 bridgehead atoms. The normalized spacial score (nSPS) is 14.3. The standard InChI is InChI=1S/C13H24N2O5S/c1-13(2,15-21(3,17)18)10-14-7-11(16)8-19-9-12-5-4-6-20-12/h4-6,11,14-16H,7-10H2,1-3H3. The molecule has 1 aromatic heterocycles. The van der Waals surface area contributed by atoms with E-state index >= 15 is 0 Å². The zero-order valence-corrected chi connectivity index (χ0v) is 13.4. The van der Waals surface area contributed by atoms with Gasteiger partial charge in [0, 0.05) is 18.6 Å². The summed E-state index contributed by atoms with van der Waals surface area (Å²) in [7, 11) is -3.26. The SMILES string of the molecule is CC(C)(CNCC(O)COCc1ccco1)NS(C)(=O)=O. The highest BCUT2D eigenvalue weighted by Crippen LogP contribution is 2.03. The van der Waals surface area contributed by atoms with Crippen molar-refractivity contribution in [3.05, 3.63) is 24.2 Å². The fourth-order valence-corrected chi connectivity index (χ4v) is 2.91. The van der Waals surface area contributed by atoms with Crippen LogP contribution in [-0.4, -0.2) is 51.1 Å². The highest BCUT2D eigenvalue weighted by molar-refractivity contribution is 7.88. The molecule has 0 saturated heterocycles. The lowest BCUT2D eigenvalue weighted by molar-refractivity contribution is 0.0223. The molecule has 1 unspecified atom stereocenters. The van der Waals surface area contributed by atoms with Crippen LogP contribution in [0.5, 0.6) is 0 Å². The third kappa shape index (κ3) is 8.84. The van der Waals surface area contributed by atoms with E-state index in [1.54, 1.807) is 32.2 Å². The summed E-state index contributed by atoms with van der Waals surface area (Å²) in [5.74, 6) is 0.702. The Morgan fingerprint density at radius 3 is 2.76 bits per heavy atom. The summed E-state index contributed by atoms with van der Waals surface area (Å²) in [6, 6.07) is 3.57. The number of furan rings is 1. The van der Waals surface area contributed by atoms with Gasteiger partial charge in [0.25, 0.3) is 0 Å². The number of hydrogen-bond acceptors (Lipinski definition) is 6. The Morgan fingerprint density at radius 1 is 1.48 bits per heavy atom. The summed E-state index contributed by atoms with van der Waals surface area (Å²) in [6.07, 6.45) is 2.01. The van der Waals surface area contributed by atoms with Gasteiger partial charge in [-0.2, -0.15) is 0 Å². The van der Waals surface area contributed by atoms with Crippen LogP contribution in [0.2, 0.25) is 0 Å². The van der Waals surface area contributed by atoms with Crippen molar-refractivity contribution in [3.63, 3.8) is 0 Å². The van der Waals surface area contributed by atoms with Gasteiger partial charge >= 0.3 is 0 Å². The number of ether oxygens (including phenoxy) is 1. The van der Waals surface area contributed by atoms with Gasteiger partial charge in [-0.3, -0.25) is 0 Å². The molecular weight excluding hydrogens is 296 g/mol. The minimum Gasteiger partial charge on any atom is -0.467 e. The van der Waals surface area contributed by atoms with Gasteiger partial charge in [-0.05, 0) is 26.0 Å². The van der Waals surface area contributed by atoms with Gasteiger partial charge in [0.05, 0.1) is 25.2 Å². The van der Waals surface area contributed by atoms with E-state index in [1.807, 2.05) is 0 Å². The molecule has 0 radical (unpaired) electrons. The molecule has 0 aromatic carbocycles. The van der Waals surface area contributed by atoms with E-state index in [4.69, 9.17) is 9.15 Å². The zero-order chi connectivity index (χ0) is 15.9. The van der Waals surface area contributed by atoms with Gasteiger partial charge in [0.1, 0.15) is 12.4 Å². The topological polar surface area (TPSA) is 101 Å². The number of aliphatic hydroxyl groups excluding tert-OH is 1. The third-order valence-corrected chi connectivity index (χ3v) is 3.47. The van der Waals surface area contributed by atoms with Crippen molar-refractivity contribution in [2.24, 2.45) is 0 Å². The minimum absolute atomic E-state index is 0.174. The molecule has 1 atom stereocenters. The van der Waals surface area contributed by atoms with Crippen LogP contribution < -0.4 is 10.0 Å². The Bertz CT molecular complexity index is 499. The monoisotopic (exact) mass is 320 g/mol. The van der Waals surface area contributed by atoms with Crippen LogP contribution in [0.15, 0.2) is 22.8 Å². The lowest BCUT2D eigenvalue weighted by Crippen LogP contribution is -2.51. The van der Waals surface area contributed by atoms with Crippen molar-refractivity contribution in [2.75, 3.05) is 26.0 Å². The van der Waals surface area contributed by atoms with Gasteiger partial charge in [-0.1, -0.05) is 0 Å². The summed E-state index contributed by atoms with van der Waals surface area (Å²) >= 11 is 0. The summed E-state index contributed by atoms with van der Waals surface area (Å²) in [4.78, 5) is 0. The molecule has 0 fully saturated rings. The van der Waals surface area contributed by atoms with Gasteiger partial charge in [-0.25, -0.2) is 13.1 Å². The largest absolute Gasteiger partial charge is 0.467 e. The number of rotatable bonds is 10. The highest BCUT2D eigenvalue weighted by atomic mass is 32.2. The van der Waals surface area contributed by atoms with Crippen molar-refractivity contribution < 1.29 is 22.7 Å². The zero-order valence-electron chi connectivity index (χ0n) is 12.6. The van der Waals surface area contributed by atoms with Gasteiger partial charge in [0.2, 0.25) is 10.0 Å². The Labute approximate surface area is 125 Å². The fraction of sp³-hybridized carbons (Fsp3) is 0.692. The molecule has 1 aromatic rings. The lowest BCUT2D eigenvalue weighted by atomic mass is 10.1. The van der Waals surface area contributed by atoms with E-state index in [1.165, 1.54) is 0 Å². The van der Waals surface area contributed by atoms with E-state index in [0.717, 1.165) is 6.26 Å². The van der Waals surface area contributed by atoms with Gasteiger partial charge < -0.3 is 19.6 Å². The predicted molar refractivity (Wildman–Crippen MR) is 79.3 cm³/mol. The van der Waals surface area contributed by atoms with E-state index < -0.39 is 21.7 Å². The third-order valence-electron chi connectivity index (χ3n) is 2.54. The molecular formula is C13H24N2O5S. The van der Waals surface area contributed by atoms with Crippen LogP contribution >= 0.6 is 0 Å². The van der Waals surface area contributed by atoms with E-state index in [-0.39, 0.29) is 6.61 Å². The molecule has 7 nitrogen and oxygen atoms in total. The molecule has 1 rings (SSSR count). The van der Waals surface area contributed by atoms with Crippen LogP contribution in [0, 0.1) is 0 Å². The minimum atomic E-state index is -3.26. The molecule has 21 heavy (non-hydrogen) atoms. The van der Waals surface area contributed by atoms with Crippen molar-refractivity contribution in [1.29, 1.82) is 0 Å². The first-order valence-electron chi connectivity index (χ1n) is 6.66. The molecule has 0 amide bonds. The number of hydrogen-bond donors (Lipinski definition) is 3. The second-order valence-electron chi connectivity index (χ2n) is 5.64. The summed E-state index contributed by atoms with van der Waals surface area (Å²) in [5.41, 5.74) is -0.623. The molecule has 8 heteroatoms. The molecule has 0 spiro atoms. The Hall–Kier alpha value is -0.930. The molecule has 0 aliphatic heterocycles. The van der Waals surface area contributed by atoms with E-state index in [0.29, 0.717) is 25.5 Å². The highest BCUT2D eigenvalue weighted by Gasteiger charge is 2.21. The smallest absolute Gasteiger partial charge is 0.209 e. The number of aliphatic hydroxyl groups is 1. The first-order chi connectivity index (χ1) is 9.68. The fourth-order valence-electron chi connectivity index (χ4n) is 1.84.